The van der Waals surface area contributed by atoms with Crippen LogP contribution < -0.4 is 20.4 Å². The number of thiophene rings is 1. The normalized spacial score (nSPS) is 21.0. The molecule has 146 valence electrons. The van der Waals surface area contributed by atoms with Crippen molar-refractivity contribution >= 4 is 34.4 Å². The van der Waals surface area contributed by atoms with E-state index in [-0.39, 0.29) is 0 Å². The van der Waals surface area contributed by atoms with Crippen molar-refractivity contribution in [3.8, 4) is 0 Å². The van der Waals surface area contributed by atoms with Crippen molar-refractivity contribution in [2.75, 3.05) is 45.1 Å². The summed E-state index contributed by atoms with van der Waals surface area (Å²) in [6.45, 7) is 10.2. The minimum absolute atomic E-state index is 0.459. The molecule has 0 saturated carbocycles. The van der Waals surface area contributed by atoms with Crippen LogP contribution in [0.4, 0.5) is 5.69 Å². The number of likely N-dealkylation sites (N-methyl/N-ethyl adjacent to an activating group) is 1. The van der Waals surface area contributed by atoms with Gasteiger partial charge in [-0.15, -0.1) is 11.3 Å². The quantitative estimate of drug-likeness (QED) is 0.548. The van der Waals surface area contributed by atoms with Gasteiger partial charge in [-0.2, -0.15) is 0 Å². The highest BCUT2D eigenvalue weighted by atomic mass is 32.1. The first-order chi connectivity index (χ1) is 13.0. The molecule has 4 N–H and O–H groups in total. The largest absolute Gasteiger partial charge is 0.356 e. The maximum absolute atomic E-state index is 5.56. The van der Waals surface area contributed by atoms with Crippen LogP contribution in [0.15, 0.2) is 41.8 Å². The van der Waals surface area contributed by atoms with Crippen LogP contribution in [0.3, 0.4) is 0 Å². The van der Waals surface area contributed by atoms with Gasteiger partial charge in [0.05, 0.1) is 18.5 Å². The summed E-state index contributed by atoms with van der Waals surface area (Å²) in [5.41, 5.74) is 2.39. The second-order valence-electron chi connectivity index (χ2n) is 7.80. The number of benzene rings is 1. The molecular weight excluding hydrogens is 372 g/mol. The molecule has 0 bridgehead atoms. The molecule has 0 unspecified atom stereocenters. The summed E-state index contributed by atoms with van der Waals surface area (Å²) in [5, 5.41) is 9.67. The van der Waals surface area contributed by atoms with Gasteiger partial charge < -0.3 is 20.4 Å². The van der Waals surface area contributed by atoms with Gasteiger partial charge in [-0.1, -0.05) is 32.0 Å². The molecular formula is C21H32N4S2+2. The molecule has 0 amide bonds. The molecule has 1 aromatic heterocycles. The molecule has 27 heavy (non-hydrogen) atoms. The Morgan fingerprint density at radius 2 is 1.81 bits per heavy atom. The van der Waals surface area contributed by atoms with Crippen molar-refractivity contribution in [3.05, 3.63) is 52.2 Å². The predicted molar refractivity (Wildman–Crippen MR) is 119 cm³/mol. The maximum Gasteiger partial charge on any atom is 0.171 e. The predicted octanol–water partition coefficient (Wildman–Crippen LogP) is 1.31. The van der Waals surface area contributed by atoms with Crippen molar-refractivity contribution in [1.82, 2.24) is 5.32 Å². The SMILES string of the molecule is CC(C)c1ccc(NC(=S)NC[C@H](c2cccs2)[NH+]2CC[NH+](C)CC2)cc1. The first-order valence-electron chi connectivity index (χ1n) is 9.87. The maximum atomic E-state index is 5.56. The average molecular weight is 405 g/mol. The van der Waals surface area contributed by atoms with E-state index in [9.17, 15) is 0 Å². The summed E-state index contributed by atoms with van der Waals surface area (Å²) >= 11 is 7.41. The number of rotatable bonds is 6. The van der Waals surface area contributed by atoms with E-state index in [1.165, 1.54) is 36.6 Å². The van der Waals surface area contributed by atoms with Crippen molar-refractivity contribution in [2.24, 2.45) is 0 Å². The number of hydrogen-bond donors (Lipinski definition) is 4. The van der Waals surface area contributed by atoms with Gasteiger partial charge in [-0.25, -0.2) is 0 Å². The Bertz CT molecular complexity index is 704. The second-order valence-corrected chi connectivity index (χ2v) is 9.18. The fourth-order valence-corrected chi connectivity index (χ4v) is 4.69. The lowest BCUT2D eigenvalue weighted by molar-refractivity contribution is -1.02. The Labute approximate surface area is 172 Å². The van der Waals surface area contributed by atoms with Gasteiger partial charge in [0.15, 0.2) is 5.11 Å². The fraction of sp³-hybridized carbons (Fsp3) is 0.476. The van der Waals surface area contributed by atoms with Gasteiger partial charge in [0.25, 0.3) is 0 Å². The highest BCUT2D eigenvalue weighted by Gasteiger charge is 2.29. The van der Waals surface area contributed by atoms with Crippen molar-refractivity contribution in [1.29, 1.82) is 0 Å². The zero-order valence-electron chi connectivity index (χ0n) is 16.5. The lowest BCUT2D eigenvalue weighted by Crippen LogP contribution is -3.27. The molecule has 1 atom stereocenters. The molecule has 1 aliphatic rings. The highest BCUT2D eigenvalue weighted by molar-refractivity contribution is 7.80. The van der Waals surface area contributed by atoms with Crippen molar-refractivity contribution < 1.29 is 9.80 Å². The minimum atomic E-state index is 0.459. The Balaban J connectivity index is 1.57. The lowest BCUT2D eigenvalue weighted by atomic mass is 10.0. The average Bonchev–Trinajstić information content (AvgIpc) is 3.18. The number of piperazine rings is 1. The smallest absolute Gasteiger partial charge is 0.171 e. The number of quaternary nitrogens is 2. The molecule has 4 nitrogen and oxygen atoms in total. The summed E-state index contributed by atoms with van der Waals surface area (Å²) in [5.74, 6) is 0.545. The molecule has 2 aromatic rings. The summed E-state index contributed by atoms with van der Waals surface area (Å²) in [7, 11) is 2.29. The van der Waals surface area contributed by atoms with E-state index in [0.29, 0.717) is 17.1 Å². The van der Waals surface area contributed by atoms with E-state index in [2.05, 4.69) is 73.3 Å². The van der Waals surface area contributed by atoms with Crippen LogP contribution in [0.5, 0.6) is 0 Å². The molecule has 0 aliphatic carbocycles. The molecule has 1 aliphatic heterocycles. The van der Waals surface area contributed by atoms with Crippen LogP contribution in [0, 0.1) is 0 Å². The van der Waals surface area contributed by atoms with Crippen LogP contribution in [-0.2, 0) is 0 Å². The van der Waals surface area contributed by atoms with Crippen molar-refractivity contribution in [3.63, 3.8) is 0 Å². The number of anilines is 1. The Morgan fingerprint density at radius 1 is 1.11 bits per heavy atom. The van der Waals surface area contributed by atoms with Gasteiger partial charge in [-0.05, 0) is 47.3 Å². The summed E-state index contributed by atoms with van der Waals surface area (Å²) < 4.78 is 0. The molecule has 1 aromatic carbocycles. The van der Waals surface area contributed by atoms with Gasteiger partial charge in [0, 0.05) is 5.69 Å². The van der Waals surface area contributed by atoms with E-state index in [1.54, 1.807) is 9.80 Å². The van der Waals surface area contributed by atoms with Gasteiger partial charge >= 0.3 is 0 Å². The standard InChI is InChI=1S/C21H30N4S2/c1-16(2)17-6-8-18(9-7-17)23-21(26)22-15-19(20-5-4-14-27-20)25-12-10-24(3)11-13-25/h4-9,14,16,19H,10-13,15H2,1-3H3,(H2,22,23,26)/p+2/t19-/m1/s1. The first-order valence-corrected chi connectivity index (χ1v) is 11.2. The third-order valence-corrected chi connectivity index (χ3v) is 6.66. The summed E-state index contributed by atoms with van der Waals surface area (Å²) in [6.07, 6.45) is 0. The fourth-order valence-electron chi connectivity index (χ4n) is 3.60. The summed E-state index contributed by atoms with van der Waals surface area (Å²) in [4.78, 5) is 4.75. The molecule has 1 fully saturated rings. The number of nitrogens with one attached hydrogen (secondary N) is 4. The van der Waals surface area contributed by atoms with E-state index in [0.717, 1.165) is 12.2 Å². The van der Waals surface area contributed by atoms with E-state index >= 15 is 0 Å². The molecule has 1 saturated heterocycles. The molecule has 6 heteroatoms. The number of thiocarbonyl (C=S) groups is 1. The lowest BCUT2D eigenvalue weighted by Gasteiger charge is -2.33. The highest BCUT2D eigenvalue weighted by Crippen LogP contribution is 2.18. The third-order valence-electron chi connectivity index (χ3n) is 5.43. The molecule has 2 heterocycles. The third kappa shape index (κ3) is 5.75. The first kappa shape index (κ1) is 20.3. The minimum Gasteiger partial charge on any atom is -0.356 e. The van der Waals surface area contributed by atoms with Gasteiger partial charge in [0.2, 0.25) is 0 Å². The number of hydrogen-bond acceptors (Lipinski definition) is 2. The van der Waals surface area contributed by atoms with Crippen molar-refractivity contribution in [2.45, 2.75) is 25.8 Å². The zero-order chi connectivity index (χ0) is 19.2. The molecule has 0 spiro atoms. The van der Waals surface area contributed by atoms with Crippen LogP contribution in [0.2, 0.25) is 0 Å². The van der Waals surface area contributed by atoms with Gasteiger partial charge in [-0.3, -0.25) is 0 Å². The summed E-state index contributed by atoms with van der Waals surface area (Å²) in [6, 6.07) is 13.4. The molecule has 0 radical (unpaired) electrons. The van der Waals surface area contributed by atoms with Crippen LogP contribution in [-0.4, -0.2) is 44.9 Å². The van der Waals surface area contributed by atoms with Crippen LogP contribution >= 0.6 is 23.6 Å². The van der Waals surface area contributed by atoms with E-state index < -0.39 is 0 Å². The second kappa shape index (κ2) is 9.64. The van der Waals surface area contributed by atoms with Crippen LogP contribution in [0.25, 0.3) is 0 Å². The molecule has 3 rings (SSSR count). The topological polar surface area (TPSA) is 32.9 Å². The monoisotopic (exact) mass is 404 g/mol. The Morgan fingerprint density at radius 3 is 2.41 bits per heavy atom. The van der Waals surface area contributed by atoms with E-state index in [1.807, 2.05) is 11.3 Å². The zero-order valence-corrected chi connectivity index (χ0v) is 18.2. The Kier molecular flexibility index (Phi) is 7.24. The Hall–Kier alpha value is -1.47. The van der Waals surface area contributed by atoms with E-state index in [4.69, 9.17) is 12.2 Å². The van der Waals surface area contributed by atoms with Gasteiger partial charge in [0.1, 0.15) is 32.2 Å². The van der Waals surface area contributed by atoms with Crippen LogP contribution in [0.1, 0.15) is 36.2 Å².